The Morgan fingerprint density at radius 3 is 2.31 bits per heavy atom. The van der Waals surface area contributed by atoms with E-state index < -0.39 is 5.97 Å². The number of hydrazone groups is 1. The van der Waals surface area contributed by atoms with E-state index in [4.69, 9.17) is 27.9 Å². The number of ether oxygens (including phenoxy) is 1. The first-order valence-electron chi connectivity index (χ1n) is 8.28. The van der Waals surface area contributed by atoms with Gasteiger partial charge in [0.05, 0.1) is 16.8 Å². The number of carbonyl (C=O) groups is 2. The minimum atomic E-state index is -0.588. The van der Waals surface area contributed by atoms with E-state index in [-0.39, 0.29) is 16.5 Å². The first-order chi connectivity index (χ1) is 13.9. The first-order valence-corrected chi connectivity index (χ1v) is 9.83. The molecule has 1 N–H and O–H groups in total. The summed E-state index contributed by atoms with van der Waals surface area (Å²) in [6.45, 7) is 0. The number of halogens is 3. The highest BCUT2D eigenvalue weighted by Gasteiger charge is 2.13. The van der Waals surface area contributed by atoms with Crippen molar-refractivity contribution in [1.29, 1.82) is 0 Å². The average molecular weight is 492 g/mol. The minimum Gasteiger partial charge on any atom is -0.423 e. The molecule has 0 spiro atoms. The molecule has 29 heavy (non-hydrogen) atoms. The van der Waals surface area contributed by atoms with E-state index in [0.717, 1.165) is 4.47 Å². The zero-order valence-corrected chi connectivity index (χ0v) is 17.8. The van der Waals surface area contributed by atoms with Crippen LogP contribution in [-0.2, 0) is 0 Å². The minimum absolute atomic E-state index is 0.216. The maximum absolute atomic E-state index is 12.2. The quantitative estimate of drug-likeness (QED) is 0.214. The van der Waals surface area contributed by atoms with E-state index in [1.165, 1.54) is 18.3 Å². The molecule has 0 radical (unpaired) electrons. The summed E-state index contributed by atoms with van der Waals surface area (Å²) < 4.78 is 6.19. The number of hydrogen-bond donors (Lipinski definition) is 1. The number of benzene rings is 3. The van der Waals surface area contributed by atoms with E-state index in [0.29, 0.717) is 21.9 Å². The molecular weight excluding hydrogens is 479 g/mol. The Labute approximate surface area is 185 Å². The molecule has 8 heteroatoms. The maximum Gasteiger partial charge on any atom is 0.345 e. The average Bonchev–Trinajstić information content (AvgIpc) is 2.69. The van der Waals surface area contributed by atoms with Crippen LogP contribution in [-0.4, -0.2) is 18.1 Å². The summed E-state index contributed by atoms with van der Waals surface area (Å²) in [5, 5.41) is 4.57. The lowest BCUT2D eigenvalue weighted by Crippen LogP contribution is -2.17. The summed E-state index contributed by atoms with van der Waals surface area (Å²) in [5.74, 6) is -0.564. The summed E-state index contributed by atoms with van der Waals surface area (Å²) in [4.78, 5) is 24.2. The summed E-state index contributed by atoms with van der Waals surface area (Å²) in [6.07, 6.45) is 1.48. The van der Waals surface area contributed by atoms with E-state index in [9.17, 15) is 9.59 Å². The van der Waals surface area contributed by atoms with Gasteiger partial charge in [0, 0.05) is 15.1 Å². The third kappa shape index (κ3) is 5.90. The Kier molecular flexibility index (Phi) is 7.04. The van der Waals surface area contributed by atoms with E-state index in [2.05, 4.69) is 26.5 Å². The number of nitrogens with zero attached hydrogens (tertiary/aromatic N) is 1. The Morgan fingerprint density at radius 1 is 0.966 bits per heavy atom. The van der Waals surface area contributed by atoms with Crippen LogP contribution in [0.2, 0.25) is 10.0 Å². The van der Waals surface area contributed by atoms with Gasteiger partial charge in [0.1, 0.15) is 5.75 Å². The van der Waals surface area contributed by atoms with Crippen molar-refractivity contribution in [3.8, 4) is 5.75 Å². The molecule has 3 rings (SSSR count). The molecule has 5 nitrogen and oxygen atoms in total. The summed E-state index contributed by atoms with van der Waals surface area (Å²) in [7, 11) is 0. The molecule has 0 aromatic heterocycles. The number of amides is 1. The molecular formula is C21H13BrCl2N2O3. The van der Waals surface area contributed by atoms with Crippen LogP contribution < -0.4 is 10.2 Å². The topological polar surface area (TPSA) is 67.8 Å². The molecule has 0 unspecified atom stereocenters. The van der Waals surface area contributed by atoms with Crippen LogP contribution in [0.3, 0.4) is 0 Å². The van der Waals surface area contributed by atoms with Gasteiger partial charge in [-0.15, -0.1) is 0 Å². The van der Waals surface area contributed by atoms with Crippen molar-refractivity contribution in [1.82, 2.24) is 5.43 Å². The molecule has 3 aromatic rings. The molecule has 0 aliphatic carbocycles. The van der Waals surface area contributed by atoms with Gasteiger partial charge in [0.2, 0.25) is 0 Å². The van der Waals surface area contributed by atoms with Gasteiger partial charge in [-0.25, -0.2) is 10.2 Å². The van der Waals surface area contributed by atoms with Crippen molar-refractivity contribution in [2.45, 2.75) is 0 Å². The van der Waals surface area contributed by atoms with Crippen molar-refractivity contribution in [2.75, 3.05) is 0 Å². The van der Waals surface area contributed by atoms with Gasteiger partial charge in [-0.3, -0.25) is 4.79 Å². The SMILES string of the molecule is O=C(N/N=C\c1ccc(OC(=O)c2ccc(Cl)cc2Cl)cc1)c1ccc(Br)cc1. The van der Waals surface area contributed by atoms with Gasteiger partial charge >= 0.3 is 5.97 Å². The van der Waals surface area contributed by atoms with Crippen LogP contribution in [0.5, 0.6) is 5.75 Å². The summed E-state index contributed by atoms with van der Waals surface area (Å²) >= 11 is 15.1. The van der Waals surface area contributed by atoms with Crippen LogP contribution in [0.1, 0.15) is 26.3 Å². The highest BCUT2D eigenvalue weighted by Crippen LogP contribution is 2.23. The fraction of sp³-hybridized carbons (Fsp3) is 0. The monoisotopic (exact) mass is 490 g/mol. The molecule has 0 aliphatic rings. The van der Waals surface area contributed by atoms with Crippen molar-refractivity contribution in [2.24, 2.45) is 5.10 Å². The zero-order valence-electron chi connectivity index (χ0n) is 14.7. The fourth-order valence-electron chi connectivity index (χ4n) is 2.27. The lowest BCUT2D eigenvalue weighted by molar-refractivity contribution is 0.0734. The van der Waals surface area contributed by atoms with Crippen LogP contribution in [0, 0.1) is 0 Å². The predicted octanol–water partition coefficient (Wildman–Crippen LogP) is 5.74. The van der Waals surface area contributed by atoms with Gasteiger partial charge in [0.15, 0.2) is 0 Å². The fourth-order valence-corrected chi connectivity index (χ4v) is 3.02. The number of hydrogen-bond acceptors (Lipinski definition) is 4. The van der Waals surface area contributed by atoms with Crippen molar-refractivity contribution < 1.29 is 14.3 Å². The molecule has 0 heterocycles. The standard InChI is InChI=1S/C21H13BrCl2N2O3/c22-15-5-3-14(4-6-15)20(27)26-25-12-13-1-8-17(9-2-13)29-21(28)18-10-7-16(23)11-19(18)24/h1-12H,(H,26,27)/b25-12-. The third-order valence-electron chi connectivity index (χ3n) is 3.73. The highest BCUT2D eigenvalue weighted by molar-refractivity contribution is 9.10. The molecule has 0 saturated carbocycles. The number of nitrogens with one attached hydrogen (secondary N) is 1. The smallest absolute Gasteiger partial charge is 0.345 e. The van der Waals surface area contributed by atoms with Gasteiger partial charge < -0.3 is 4.74 Å². The Morgan fingerprint density at radius 2 is 1.66 bits per heavy atom. The summed E-state index contributed by atoms with van der Waals surface area (Å²) in [6, 6.07) is 18.1. The molecule has 0 aliphatic heterocycles. The largest absolute Gasteiger partial charge is 0.423 e. The Bertz CT molecular complexity index is 1070. The number of esters is 1. The van der Waals surface area contributed by atoms with Gasteiger partial charge in [-0.1, -0.05) is 39.1 Å². The normalized spacial score (nSPS) is 10.7. The maximum atomic E-state index is 12.2. The summed E-state index contributed by atoms with van der Waals surface area (Å²) in [5.41, 5.74) is 3.88. The second-order valence-electron chi connectivity index (χ2n) is 5.79. The second kappa shape index (κ2) is 9.69. The molecule has 146 valence electrons. The van der Waals surface area contributed by atoms with Gasteiger partial charge in [-0.2, -0.15) is 5.10 Å². The third-order valence-corrected chi connectivity index (χ3v) is 4.80. The molecule has 3 aromatic carbocycles. The number of carbonyl (C=O) groups excluding carboxylic acids is 2. The van der Waals surface area contributed by atoms with E-state index in [1.807, 2.05) is 0 Å². The van der Waals surface area contributed by atoms with Crippen molar-refractivity contribution in [3.63, 3.8) is 0 Å². The molecule has 1 amide bonds. The molecule has 0 atom stereocenters. The van der Waals surface area contributed by atoms with Crippen LogP contribution in [0.25, 0.3) is 0 Å². The molecule has 0 bridgehead atoms. The van der Waals surface area contributed by atoms with Gasteiger partial charge in [-0.05, 0) is 72.3 Å². The Hall–Kier alpha value is -2.67. The van der Waals surface area contributed by atoms with E-state index >= 15 is 0 Å². The molecule has 0 fully saturated rings. The van der Waals surface area contributed by atoms with Crippen LogP contribution in [0.4, 0.5) is 0 Å². The number of rotatable bonds is 5. The van der Waals surface area contributed by atoms with Gasteiger partial charge in [0.25, 0.3) is 5.91 Å². The van der Waals surface area contributed by atoms with Crippen LogP contribution in [0.15, 0.2) is 76.3 Å². The highest BCUT2D eigenvalue weighted by atomic mass is 79.9. The van der Waals surface area contributed by atoms with Crippen molar-refractivity contribution in [3.05, 3.63) is 97.9 Å². The van der Waals surface area contributed by atoms with Crippen molar-refractivity contribution >= 4 is 57.2 Å². The lowest BCUT2D eigenvalue weighted by Gasteiger charge is -2.06. The molecule has 0 saturated heterocycles. The first kappa shape index (κ1) is 21.0. The lowest BCUT2D eigenvalue weighted by atomic mass is 10.2. The zero-order chi connectivity index (χ0) is 20.8. The second-order valence-corrected chi connectivity index (χ2v) is 7.55. The van der Waals surface area contributed by atoms with Crippen LogP contribution >= 0.6 is 39.1 Å². The van der Waals surface area contributed by atoms with E-state index in [1.54, 1.807) is 54.6 Å². The Balaban J connectivity index is 1.58. The predicted molar refractivity (Wildman–Crippen MR) is 117 cm³/mol.